The lowest BCUT2D eigenvalue weighted by molar-refractivity contribution is 0.0946. The SMILES string of the molecule is COc1cccc(C(=O)NCc2c(C)cc(C)[nH]c2=O)c1F. The average Bonchev–Trinajstić information content (AvgIpc) is 2.46. The minimum absolute atomic E-state index is 0.00277. The Balaban J connectivity index is 2.19. The van der Waals surface area contributed by atoms with Crippen LogP contribution in [0.5, 0.6) is 5.75 Å². The number of carbonyl (C=O) groups is 1. The number of halogens is 1. The van der Waals surface area contributed by atoms with E-state index in [1.807, 2.05) is 6.07 Å². The van der Waals surface area contributed by atoms with Gasteiger partial charge in [-0.2, -0.15) is 0 Å². The van der Waals surface area contributed by atoms with E-state index in [1.165, 1.54) is 25.3 Å². The maximum atomic E-state index is 14.0. The van der Waals surface area contributed by atoms with Gasteiger partial charge in [-0.05, 0) is 37.6 Å². The summed E-state index contributed by atoms with van der Waals surface area (Å²) < 4.78 is 18.8. The molecule has 6 heteroatoms. The van der Waals surface area contributed by atoms with Gasteiger partial charge in [-0.1, -0.05) is 6.07 Å². The molecule has 1 amide bonds. The maximum Gasteiger partial charge on any atom is 0.254 e. The summed E-state index contributed by atoms with van der Waals surface area (Å²) in [5, 5.41) is 2.55. The monoisotopic (exact) mass is 304 g/mol. The van der Waals surface area contributed by atoms with E-state index in [0.717, 1.165) is 11.3 Å². The number of aromatic nitrogens is 1. The molecule has 0 spiro atoms. The molecule has 2 aromatic rings. The fourth-order valence-electron chi connectivity index (χ4n) is 2.21. The third-order valence-corrected chi connectivity index (χ3v) is 3.35. The molecule has 2 rings (SSSR count). The van der Waals surface area contributed by atoms with Gasteiger partial charge in [0.15, 0.2) is 11.6 Å². The minimum atomic E-state index is -0.725. The van der Waals surface area contributed by atoms with Crippen LogP contribution in [0.3, 0.4) is 0 Å². The van der Waals surface area contributed by atoms with Gasteiger partial charge in [0.25, 0.3) is 11.5 Å². The van der Waals surface area contributed by atoms with Gasteiger partial charge in [0.05, 0.1) is 12.7 Å². The van der Waals surface area contributed by atoms with Gasteiger partial charge in [0, 0.05) is 17.8 Å². The molecular weight excluding hydrogens is 287 g/mol. The first-order valence-electron chi connectivity index (χ1n) is 6.74. The highest BCUT2D eigenvalue weighted by atomic mass is 19.1. The smallest absolute Gasteiger partial charge is 0.254 e. The zero-order chi connectivity index (χ0) is 16.3. The Morgan fingerprint density at radius 2 is 2.09 bits per heavy atom. The highest BCUT2D eigenvalue weighted by Crippen LogP contribution is 2.19. The van der Waals surface area contributed by atoms with E-state index >= 15 is 0 Å². The van der Waals surface area contributed by atoms with E-state index < -0.39 is 11.7 Å². The second-order valence-electron chi connectivity index (χ2n) is 4.95. The number of carbonyl (C=O) groups excluding carboxylic acids is 1. The van der Waals surface area contributed by atoms with Crippen LogP contribution in [-0.2, 0) is 6.54 Å². The Hall–Kier alpha value is -2.63. The molecule has 0 saturated carbocycles. The van der Waals surface area contributed by atoms with E-state index in [2.05, 4.69) is 10.3 Å². The molecule has 0 fully saturated rings. The molecule has 0 aliphatic heterocycles. The largest absolute Gasteiger partial charge is 0.494 e. The van der Waals surface area contributed by atoms with Crippen LogP contribution in [0.15, 0.2) is 29.1 Å². The van der Waals surface area contributed by atoms with Crippen molar-refractivity contribution in [3.63, 3.8) is 0 Å². The first-order valence-corrected chi connectivity index (χ1v) is 6.74. The summed E-state index contributed by atoms with van der Waals surface area (Å²) in [5.41, 5.74) is 1.58. The minimum Gasteiger partial charge on any atom is -0.494 e. The lowest BCUT2D eigenvalue weighted by atomic mass is 10.1. The standard InChI is InChI=1S/C16H17FN2O3/c1-9-7-10(2)19-16(21)12(9)8-18-15(20)11-5-4-6-13(22-3)14(11)17/h4-7H,8H2,1-3H3,(H,18,20)(H,19,21). The second-order valence-corrected chi connectivity index (χ2v) is 4.95. The summed E-state index contributed by atoms with van der Waals surface area (Å²) in [5.74, 6) is -1.33. The molecule has 1 aromatic heterocycles. The Morgan fingerprint density at radius 3 is 2.73 bits per heavy atom. The highest BCUT2D eigenvalue weighted by Gasteiger charge is 2.16. The number of nitrogens with one attached hydrogen (secondary N) is 2. The predicted molar refractivity (Wildman–Crippen MR) is 80.7 cm³/mol. The number of hydrogen-bond donors (Lipinski definition) is 2. The molecular formula is C16H17FN2O3. The van der Waals surface area contributed by atoms with Crippen molar-refractivity contribution in [3.05, 3.63) is 62.8 Å². The van der Waals surface area contributed by atoms with Crippen molar-refractivity contribution in [3.8, 4) is 5.75 Å². The first-order chi connectivity index (χ1) is 10.4. The second kappa shape index (κ2) is 6.43. The van der Waals surface area contributed by atoms with Gasteiger partial charge in [0.2, 0.25) is 0 Å². The van der Waals surface area contributed by atoms with Crippen molar-refractivity contribution in [1.82, 2.24) is 10.3 Å². The van der Waals surface area contributed by atoms with Crippen molar-refractivity contribution in [1.29, 1.82) is 0 Å². The topological polar surface area (TPSA) is 71.2 Å². The molecule has 22 heavy (non-hydrogen) atoms. The molecule has 116 valence electrons. The summed E-state index contributed by atoms with van der Waals surface area (Å²) >= 11 is 0. The number of ether oxygens (including phenoxy) is 1. The average molecular weight is 304 g/mol. The summed E-state index contributed by atoms with van der Waals surface area (Å²) in [6.45, 7) is 3.59. The number of rotatable bonds is 4. The number of pyridine rings is 1. The molecule has 0 unspecified atom stereocenters. The molecule has 2 N–H and O–H groups in total. The van der Waals surface area contributed by atoms with Gasteiger partial charge < -0.3 is 15.0 Å². The predicted octanol–water partition coefficient (Wildman–Crippen LogP) is 2.07. The van der Waals surface area contributed by atoms with E-state index in [0.29, 0.717) is 5.56 Å². The number of benzene rings is 1. The normalized spacial score (nSPS) is 10.4. The lowest BCUT2D eigenvalue weighted by Crippen LogP contribution is -2.28. The van der Waals surface area contributed by atoms with Crippen LogP contribution in [0, 0.1) is 19.7 Å². The Bertz CT molecular complexity index is 768. The van der Waals surface area contributed by atoms with E-state index in [-0.39, 0.29) is 23.4 Å². The molecule has 0 aliphatic rings. The number of H-pyrrole nitrogens is 1. The number of methoxy groups -OCH3 is 1. The summed E-state index contributed by atoms with van der Waals surface area (Å²) in [4.78, 5) is 26.6. The van der Waals surface area contributed by atoms with Crippen LogP contribution < -0.4 is 15.6 Å². The molecule has 1 heterocycles. The fourth-order valence-corrected chi connectivity index (χ4v) is 2.21. The Kier molecular flexibility index (Phi) is 4.60. The van der Waals surface area contributed by atoms with Gasteiger partial charge >= 0.3 is 0 Å². The molecule has 0 atom stereocenters. The number of aryl methyl sites for hydroxylation is 2. The maximum absolute atomic E-state index is 14.0. The van der Waals surface area contributed by atoms with Crippen LogP contribution in [-0.4, -0.2) is 18.0 Å². The van der Waals surface area contributed by atoms with E-state index in [9.17, 15) is 14.0 Å². The molecule has 0 aliphatic carbocycles. The van der Waals surface area contributed by atoms with Crippen LogP contribution in [0.2, 0.25) is 0 Å². The zero-order valence-corrected chi connectivity index (χ0v) is 12.6. The van der Waals surface area contributed by atoms with Gasteiger partial charge in [0.1, 0.15) is 0 Å². The third kappa shape index (κ3) is 3.16. The van der Waals surface area contributed by atoms with Crippen LogP contribution in [0.25, 0.3) is 0 Å². The number of aromatic amines is 1. The van der Waals surface area contributed by atoms with E-state index in [4.69, 9.17) is 4.74 Å². The van der Waals surface area contributed by atoms with Gasteiger partial charge in [-0.25, -0.2) is 4.39 Å². The van der Waals surface area contributed by atoms with Crippen molar-refractivity contribution in [2.45, 2.75) is 20.4 Å². The highest BCUT2D eigenvalue weighted by molar-refractivity contribution is 5.94. The quantitative estimate of drug-likeness (QED) is 0.908. The zero-order valence-electron chi connectivity index (χ0n) is 12.6. The van der Waals surface area contributed by atoms with Crippen LogP contribution >= 0.6 is 0 Å². The number of hydrogen-bond acceptors (Lipinski definition) is 3. The van der Waals surface area contributed by atoms with Gasteiger partial charge in [-0.15, -0.1) is 0 Å². The Labute approximate surface area is 127 Å². The molecule has 0 saturated heterocycles. The van der Waals surface area contributed by atoms with Crippen molar-refractivity contribution >= 4 is 5.91 Å². The van der Waals surface area contributed by atoms with Crippen molar-refractivity contribution in [2.75, 3.05) is 7.11 Å². The summed E-state index contributed by atoms with van der Waals surface area (Å²) in [6, 6.07) is 6.14. The molecule has 0 bridgehead atoms. The Morgan fingerprint density at radius 1 is 1.36 bits per heavy atom. The number of amides is 1. The summed E-state index contributed by atoms with van der Waals surface area (Å²) in [7, 11) is 1.33. The summed E-state index contributed by atoms with van der Waals surface area (Å²) in [6.07, 6.45) is 0. The van der Waals surface area contributed by atoms with Crippen molar-refractivity contribution < 1.29 is 13.9 Å². The van der Waals surface area contributed by atoms with Crippen LogP contribution in [0.1, 0.15) is 27.2 Å². The molecule has 5 nitrogen and oxygen atoms in total. The van der Waals surface area contributed by atoms with Crippen molar-refractivity contribution in [2.24, 2.45) is 0 Å². The lowest BCUT2D eigenvalue weighted by Gasteiger charge is -2.10. The van der Waals surface area contributed by atoms with E-state index in [1.54, 1.807) is 13.8 Å². The molecule has 1 aromatic carbocycles. The molecule has 0 radical (unpaired) electrons. The van der Waals surface area contributed by atoms with Gasteiger partial charge in [-0.3, -0.25) is 9.59 Å². The first kappa shape index (κ1) is 15.8. The fraction of sp³-hybridized carbons (Fsp3) is 0.250. The van der Waals surface area contributed by atoms with Crippen LogP contribution in [0.4, 0.5) is 4.39 Å². The third-order valence-electron chi connectivity index (χ3n) is 3.35.